The maximum Gasteiger partial charge on any atom is 0.247 e. The third-order valence-corrected chi connectivity index (χ3v) is 6.06. The molecule has 8 heteroatoms. The molecule has 1 amide bonds. The fourth-order valence-electron chi connectivity index (χ4n) is 4.29. The number of amides is 1. The Morgan fingerprint density at radius 1 is 1.06 bits per heavy atom. The van der Waals surface area contributed by atoms with E-state index in [4.69, 9.17) is 9.97 Å². The average Bonchev–Trinajstić information content (AvgIpc) is 3.02. The molecule has 0 saturated carbocycles. The molecule has 3 aromatic heterocycles. The molecule has 0 radical (unpaired) electrons. The van der Waals surface area contributed by atoms with Crippen LogP contribution in [-0.2, 0) is 11.8 Å². The van der Waals surface area contributed by atoms with Gasteiger partial charge < -0.3 is 10.2 Å². The minimum Gasteiger partial charge on any atom is -0.329 e. The summed E-state index contributed by atoms with van der Waals surface area (Å²) < 4.78 is 1.83. The van der Waals surface area contributed by atoms with Gasteiger partial charge in [-0.05, 0) is 65.2 Å². The van der Waals surface area contributed by atoms with Gasteiger partial charge in [0, 0.05) is 48.4 Å². The van der Waals surface area contributed by atoms with Crippen LogP contribution in [0.25, 0.3) is 6.08 Å². The van der Waals surface area contributed by atoms with Gasteiger partial charge in [0.2, 0.25) is 5.91 Å². The van der Waals surface area contributed by atoms with Crippen LogP contribution in [0.5, 0.6) is 0 Å². The lowest BCUT2D eigenvalue weighted by Crippen LogP contribution is -2.38. The van der Waals surface area contributed by atoms with Crippen LogP contribution in [0.4, 0.5) is 11.6 Å². The van der Waals surface area contributed by atoms with E-state index < -0.39 is 0 Å². The molecule has 0 unspecified atom stereocenters. The molecule has 33 heavy (non-hydrogen) atoms. The van der Waals surface area contributed by atoms with Crippen molar-refractivity contribution in [2.24, 2.45) is 7.05 Å². The summed E-state index contributed by atoms with van der Waals surface area (Å²) in [7, 11) is 1.91. The van der Waals surface area contributed by atoms with Crippen LogP contribution in [0.2, 0.25) is 0 Å². The number of rotatable bonds is 5. The summed E-state index contributed by atoms with van der Waals surface area (Å²) in [6.07, 6.45) is 6.39. The minimum atomic E-state index is -0.155. The van der Waals surface area contributed by atoms with Crippen molar-refractivity contribution in [2.45, 2.75) is 53.0 Å². The van der Waals surface area contributed by atoms with Crippen LogP contribution in [-0.4, -0.2) is 42.1 Å². The van der Waals surface area contributed by atoms with E-state index in [1.165, 1.54) is 0 Å². The molecule has 172 valence electrons. The number of hydrogen-bond acceptors (Lipinski definition) is 6. The molecular weight excluding hydrogens is 414 g/mol. The highest BCUT2D eigenvalue weighted by molar-refractivity contribution is 5.92. The van der Waals surface area contributed by atoms with Gasteiger partial charge in [-0.3, -0.25) is 9.48 Å². The number of nitrogens with one attached hydrogen (secondary N) is 1. The molecule has 0 aromatic carbocycles. The molecule has 4 heterocycles. The quantitative estimate of drug-likeness (QED) is 0.588. The molecule has 1 aliphatic rings. The van der Waals surface area contributed by atoms with Crippen molar-refractivity contribution >= 4 is 23.6 Å². The van der Waals surface area contributed by atoms with Gasteiger partial charge in [-0.25, -0.2) is 15.0 Å². The second-order valence-electron chi connectivity index (χ2n) is 8.63. The fraction of sp³-hybridized carbons (Fsp3) is 0.400. The van der Waals surface area contributed by atoms with Crippen LogP contribution < -0.4 is 5.32 Å². The number of aromatic nitrogens is 5. The molecule has 1 atom stereocenters. The molecule has 1 fully saturated rings. The Hall–Kier alpha value is -3.55. The highest BCUT2D eigenvalue weighted by Crippen LogP contribution is 2.30. The molecule has 1 N–H and O–H groups in total. The maximum atomic E-state index is 13.2. The molecule has 8 nitrogen and oxygen atoms in total. The molecule has 0 spiro atoms. The zero-order valence-electron chi connectivity index (χ0n) is 20.0. The van der Waals surface area contributed by atoms with Gasteiger partial charge in [0.1, 0.15) is 11.6 Å². The van der Waals surface area contributed by atoms with Crippen LogP contribution in [0.3, 0.4) is 0 Å². The maximum absolute atomic E-state index is 13.2. The Labute approximate surface area is 194 Å². The number of carbonyl (C=O) groups is 1. The lowest BCUT2D eigenvalue weighted by molar-refractivity contribution is -0.129. The Morgan fingerprint density at radius 3 is 2.61 bits per heavy atom. The van der Waals surface area contributed by atoms with E-state index in [-0.39, 0.29) is 11.9 Å². The first-order valence-corrected chi connectivity index (χ1v) is 11.4. The van der Waals surface area contributed by atoms with Crippen molar-refractivity contribution in [3.05, 3.63) is 64.5 Å². The van der Waals surface area contributed by atoms with E-state index in [0.29, 0.717) is 18.2 Å². The third kappa shape index (κ3) is 5.10. The van der Waals surface area contributed by atoms with E-state index in [1.807, 2.05) is 74.7 Å². The van der Waals surface area contributed by atoms with Crippen LogP contribution >= 0.6 is 0 Å². The number of aryl methyl sites for hydroxylation is 4. The average molecular weight is 446 g/mol. The fourth-order valence-corrected chi connectivity index (χ4v) is 4.29. The summed E-state index contributed by atoms with van der Waals surface area (Å²) in [5.74, 6) is 2.06. The standard InChI is InChI=1S/C25H31N7O/c1-16-9-8-11-22(26-16)28-23-15-17(2)27-25(29-23)21-10-6-7-14-32(21)24(33)13-12-20-18(3)30-31(5)19(20)4/h8-9,11-13,15,21H,6-7,10,14H2,1-5H3,(H,26,27,28,29)/b13-12+/t21-/m0/s1. The molecular formula is C25H31N7O. The van der Waals surface area contributed by atoms with Gasteiger partial charge in [-0.1, -0.05) is 6.07 Å². The molecule has 4 rings (SSSR count). The van der Waals surface area contributed by atoms with Gasteiger partial charge in [0.15, 0.2) is 5.82 Å². The Bertz CT molecular complexity index is 1200. The van der Waals surface area contributed by atoms with E-state index in [9.17, 15) is 4.79 Å². The van der Waals surface area contributed by atoms with Crippen molar-refractivity contribution in [1.29, 1.82) is 0 Å². The molecule has 0 aliphatic carbocycles. The zero-order valence-corrected chi connectivity index (χ0v) is 20.0. The van der Waals surface area contributed by atoms with Gasteiger partial charge >= 0.3 is 0 Å². The second kappa shape index (κ2) is 9.52. The Kier molecular flexibility index (Phi) is 6.53. The van der Waals surface area contributed by atoms with Gasteiger partial charge in [0.25, 0.3) is 0 Å². The van der Waals surface area contributed by atoms with E-state index in [2.05, 4.69) is 15.4 Å². The molecule has 3 aromatic rings. The number of likely N-dealkylation sites (tertiary alicyclic amines) is 1. The van der Waals surface area contributed by atoms with Crippen molar-refractivity contribution < 1.29 is 4.79 Å². The highest BCUT2D eigenvalue weighted by Gasteiger charge is 2.29. The lowest BCUT2D eigenvalue weighted by atomic mass is 10.0. The molecule has 1 saturated heterocycles. The van der Waals surface area contributed by atoms with Crippen LogP contribution in [0, 0.1) is 27.7 Å². The Morgan fingerprint density at radius 2 is 1.88 bits per heavy atom. The highest BCUT2D eigenvalue weighted by atomic mass is 16.2. The molecule has 0 bridgehead atoms. The Balaban J connectivity index is 1.58. The smallest absolute Gasteiger partial charge is 0.247 e. The first-order chi connectivity index (χ1) is 15.8. The van der Waals surface area contributed by atoms with Gasteiger partial charge in [-0.15, -0.1) is 0 Å². The summed E-state index contributed by atoms with van der Waals surface area (Å²) in [4.78, 5) is 29.1. The summed E-state index contributed by atoms with van der Waals surface area (Å²) in [5, 5.41) is 7.71. The van der Waals surface area contributed by atoms with Gasteiger partial charge in [-0.2, -0.15) is 5.10 Å². The second-order valence-corrected chi connectivity index (χ2v) is 8.63. The summed E-state index contributed by atoms with van der Waals surface area (Å²) in [6, 6.07) is 7.57. The number of nitrogens with zero attached hydrogens (tertiary/aromatic N) is 6. The SMILES string of the molecule is Cc1cccc(Nc2cc(C)nc([C@@H]3CCCCN3C(=O)/C=C/c3c(C)nn(C)c3C)n2)n1. The minimum absolute atomic E-state index is 0.0256. The van der Waals surface area contributed by atoms with E-state index in [0.717, 1.165) is 53.4 Å². The zero-order chi connectivity index (χ0) is 23.5. The van der Waals surface area contributed by atoms with Crippen molar-refractivity contribution in [3.63, 3.8) is 0 Å². The van der Waals surface area contributed by atoms with Crippen molar-refractivity contribution in [2.75, 3.05) is 11.9 Å². The number of hydrogen-bond donors (Lipinski definition) is 1. The van der Waals surface area contributed by atoms with E-state index in [1.54, 1.807) is 6.08 Å². The summed E-state index contributed by atoms with van der Waals surface area (Å²) in [6.45, 7) is 8.56. The van der Waals surface area contributed by atoms with Gasteiger partial charge in [0.05, 0.1) is 11.7 Å². The summed E-state index contributed by atoms with van der Waals surface area (Å²) in [5.41, 5.74) is 4.72. The van der Waals surface area contributed by atoms with Crippen LogP contribution in [0.15, 0.2) is 30.3 Å². The predicted molar refractivity (Wildman–Crippen MR) is 129 cm³/mol. The first-order valence-electron chi connectivity index (χ1n) is 11.4. The topological polar surface area (TPSA) is 88.8 Å². The largest absolute Gasteiger partial charge is 0.329 e. The normalized spacial score (nSPS) is 16.4. The third-order valence-electron chi connectivity index (χ3n) is 6.06. The monoisotopic (exact) mass is 445 g/mol. The number of pyridine rings is 1. The van der Waals surface area contributed by atoms with Crippen molar-refractivity contribution in [3.8, 4) is 0 Å². The summed E-state index contributed by atoms with van der Waals surface area (Å²) >= 11 is 0. The number of piperidine rings is 1. The molecule has 1 aliphatic heterocycles. The first kappa shape index (κ1) is 22.6. The number of anilines is 2. The predicted octanol–water partition coefficient (Wildman–Crippen LogP) is 4.35. The van der Waals surface area contributed by atoms with Crippen molar-refractivity contribution in [1.82, 2.24) is 29.6 Å². The lowest BCUT2D eigenvalue weighted by Gasteiger charge is -2.34. The van der Waals surface area contributed by atoms with Crippen LogP contribution in [0.1, 0.15) is 59.5 Å². The van der Waals surface area contributed by atoms with E-state index >= 15 is 0 Å². The number of carbonyl (C=O) groups excluding carboxylic acids is 1.